The van der Waals surface area contributed by atoms with E-state index in [2.05, 4.69) is 52.5 Å². The molecule has 0 unspecified atom stereocenters. The Kier molecular flexibility index (Phi) is 5.41. The number of hydrogen-bond acceptors (Lipinski definition) is 5. The molecule has 0 saturated heterocycles. The van der Waals surface area contributed by atoms with Gasteiger partial charge in [0, 0.05) is 12.1 Å². The van der Waals surface area contributed by atoms with Gasteiger partial charge in [0.05, 0.1) is 6.54 Å². The van der Waals surface area contributed by atoms with Crippen LogP contribution in [0.3, 0.4) is 0 Å². The molecule has 6 nitrogen and oxygen atoms in total. The summed E-state index contributed by atoms with van der Waals surface area (Å²) in [5, 5.41) is 14.8. The Morgan fingerprint density at radius 1 is 1.20 bits per heavy atom. The van der Waals surface area contributed by atoms with Crippen LogP contribution in [0.2, 0.25) is 0 Å². The van der Waals surface area contributed by atoms with Crippen LogP contribution in [0.25, 0.3) is 0 Å². The van der Waals surface area contributed by atoms with Crippen LogP contribution in [0.5, 0.6) is 5.75 Å². The van der Waals surface area contributed by atoms with Crippen molar-refractivity contribution in [1.82, 2.24) is 20.2 Å². The molecule has 0 saturated carbocycles. The first-order valence-corrected chi connectivity index (χ1v) is 8.13. The van der Waals surface area contributed by atoms with Gasteiger partial charge in [0.1, 0.15) is 12.4 Å². The van der Waals surface area contributed by atoms with Crippen molar-refractivity contribution in [3.8, 4) is 5.75 Å². The maximum Gasteiger partial charge on any atom is 0.243 e. The molecule has 0 radical (unpaired) electrons. The van der Waals surface area contributed by atoms with Crippen LogP contribution in [-0.2, 0) is 19.7 Å². The van der Waals surface area contributed by atoms with Crippen LogP contribution in [0.1, 0.15) is 16.7 Å². The van der Waals surface area contributed by atoms with Gasteiger partial charge < -0.3 is 10.1 Å². The van der Waals surface area contributed by atoms with Crippen LogP contribution < -0.4 is 10.1 Å². The summed E-state index contributed by atoms with van der Waals surface area (Å²) in [6, 6.07) is 16.3. The highest BCUT2D eigenvalue weighted by molar-refractivity contribution is 5.37. The molecule has 1 heterocycles. The summed E-state index contributed by atoms with van der Waals surface area (Å²) in [6.45, 7) is 7.44. The molecule has 128 valence electrons. The zero-order chi connectivity index (χ0) is 17.5. The van der Waals surface area contributed by atoms with Gasteiger partial charge in [-0.3, -0.25) is 0 Å². The van der Waals surface area contributed by atoms with E-state index in [9.17, 15) is 0 Å². The highest BCUT2D eigenvalue weighted by Crippen LogP contribution is 2.20. The van der Waals surface area contributed by atoms with Crippen molar-refractivity contribution in [3.63, 3.8) is 0 Å². The molecular weight excluding hydrogens is 314 g/mol. The molecule has 0 bridgehead atoms. The van der Waals surface area contributed by atoms with Gasteiger partial charge in [0.15, 0.2) is 0 Å². The maximum absolute atomic E-state index is 6.01. The van der Waals surface area contributed by atoms with Gasteiger partial charge in [0.25, 0.3) is 0 Å². The molecule has 6 heteroatoms. The number of ether oxygens (including phenoxy) is 1. The Morgan fingerprint density at radius 3 is 2.92 bits per heavy atom. The van der Waals surface area contributed by atoms with Crippen molar-refractivity contribution < 1.29 is 4.74 Å². The second-order valence-corrected chi connectivity index (χ2v) is 5.71. The lowest BCUT2D eigenvalue weighted by atomic mass is 10.1. The largest absolute Gasteiger partial charge is 0.489 e. The highest BCUT2D eigenvalue weighted by Gasteiger charge is 2.07. The minimum Gasteiger partial charge on any atom is -0.489 e. The van der Waals surface area contributed by atoms with Gasteiger partial charge in [-0.25, -0.2) is 4.68 Å². The average Bonchev–Trinajstić information content (AvgIpc) is 3.06. The molecule has 0 aliphatic heterocycles. The number of aryl methyl sites for hydroxylation is 1. The fraction of sp³-hybridized carbons (Fsp3) is 0.211. The van der Waals surface area contributed by atoms with E-state index in [0.717, 1.165) is 16.9 Å². The number of benzene rings is 2. The number of para-hydroxylation sites is 1. The zero-order valence-corrected chi connectivity index (χ0v) is 14.2. The number of tetrazole rings is 1. The van der Waals surface area contributed by atoms with E-state index in [1.54, 1.807) is 10.8 Å². The predicted octanol–water partition coefficient (Wildman–Crippen LogP) is 3.36. The van der Waals surface area contributed by atoms with E-state index >= 15 is 0 Å². The van der Waals surface area contributed by atoms with E-state index in [0.29, 0.717) is 25.6 Å². The summed E-state index contributed by atoms with van der Waals surface area (Å²) in [6.07, 6.45) is 1.75. The number of hydrogen-bond donors (Lipinski definition) is 1. The first-order chi connectivity index (χ1) is 12.3. The van der Waals surface area contributed by atoms with E-state index < -0.39 is 0 Å². The molecule has 0 atom stereocenters. The first kappa shape index (κ1) is 16.7. The fourth-order valence-electron chi connectivity index (χ4n) is 2.50. The third-order valence-electron chi connectivity index (χ3n) is 3.72. The molecule has 0 spiro atoms. The minimum atomic E-state index is 0.535. The molecule has 3 rings (SSSR count). The summed E-state index contributed by atoms with van der Waals surface area (Å²) in [5.74, 6) is 1.45. The van der Waals surface area contributed by atoms with Gasteiger partial charge in [0.2, 0.25) is 5.95 Å². The normalized spacial score (nSPS) is 10.4. The molecule has 1 aromatic heterocycles. The van der Waals surface area contributed by atoms with E-state index in [1.807, 2.05) is 30.3 Å². The summed E-state index contributed by atoms with van der Waals surface area (Å²) >= 11 is 0. The molecular formula is C19H21N5O. The molecule has 0 aliphatic carbocycles. The Morgan fingerprint density at radius 2 is 2.08 bits per heavy atom. The van der Waals surface area contributed by atoms with Crippen LogP contribution in [0.4, 0.5) is 5.95 Å². The van der Waals surface area contributed by atoms with Crippen molar-refractivity contribution >= 4 is 5.95 Å². The van der Waals surface area contributed by atoms with Crippen molar-refractivity contribution in [2.24, 2.45) is 0 Å². The van der Waals surface area contributed by atoms with E-state index in [4.69, 9.17) is 4.74 Å². The van der Waals surface area contributed by atoms with Gasteiger partial charge in [-0.05, 0) is 29.0 Å². The van der Waals surface area contributed by atoms with Gasteiger partial charge in [-0.15, -0.1) is 6.58 Å². The molecule has 0 amide bonds. The summed E-state index contributed by atoms with van der Waals surface area (Å²) in [5.41, 5.74) is 3.42. The fourth-order valence-corrected chi connectivity index (χ4v) is 2.50. The number of nitrogens with zero attached hydrogens (tertiary/aromatic N) is 4. The second-order valence-electron chi connectivity index (χ2n) is 5.71. The minimum absolute atomic E-state index is 0.535. The van der Waals surface area contributed by atoms with Crippen molar-refractivity contribution in [2.75, 3.05) is 5.32 Å². The third-order valence-corrected chi connectivity index (χ3v) is 3.72. The third kappa shape index (κ3) is 4.44. The summed E-state index contributed by atoms with van der Waals surface area (Å²) < 4.78 is 7.67. The lowest BCUT2D eigenvalue weighted by Gasteiger charge is -2.12. The summed E-state index contributed by atoms with van der Waals surface area (Å²) in [7, 11) is 0. The topological polar surface area (TPSA) is 64.9 Å². The van der Waals surface area contributed by atoms with Crippen LogP contribution in [0, 0.1) is 6.92 Å². The SMILES string of the molecule is C=CCn1nnnc1NCc1ccccc1OCc1cccc(C)c1. The smallest absolute Gasteiger partial charge is 0.243 e. The standard InChI is InChI=1S/C19H21N5O/c1-3-11-24-19(21-22-23-24)20-13-17-9-4-5-10-18(17)25-14-16-8-6-7-15(2)12-16/h3-10,12H,1,11,13-14H2,2H3,(H,20,21,23). The lowest BCUT2D eigenvalue weighted by Crippen LogP contribution is -2.09. The van der Waals surface area contributed by atoms with Crippen molar-refractivity contribution in [2.45, 2.75) is 26.6 Å². The van der Waals surface area contributed by atoms with Crippen molar-refractivity contribution in [1.29, 1.82) is 0 Å². The van der Waals surface area contributed by atoms with Crippen LogP contribution >= 0.6 is 0 Å². The molecule has 1 N–H and O–H groups in total. The van der Waals surface area contributed by atoms with E-state index in [-0.39, 0.29) is 0 Å². The summed E-state index contributed by atoms with van der Waals surface area (Å²) in [4.78, 5) is 0. The quantitative estimate of drug-likeness (QED) is 0.640. The Hall–Kier alpha value is -3.15. The Balaban J connectivity index is 1.66. The van der Waals surface area contributed by atoms with Gasteiger partial charge >= 0.3 is 0 Å². The first-order valence-electron chi connectivity index (χ1n) is 8.13. The number of anilines is 1. The predicted molar refractivity (Wildman–Crippen MR) is 97.3 cm³/mol. The Bertz CT molecular complexity index is 843. The zero-order valence-electron chi connectivity index (χ0n) is 14.2. The number of allylic oxidation sites excluding steroid dienone is 1. The molecule has 3 aromatic rings. The van der Waals surface area contributed by atoms with Gasteiger partial charge in [-0.2, -0.15) is 0 Å². The number of nitrogens with one attached hydrogen (secondary N) is 1. The monoisotopic (exact) mass is 335 g/mol. The number of aromatic nitrogens is 4. The highest BCUT2D eigenvalue weighted by atomic mass is 16.5. The maximum atomic E-state index is 6.01. The average molecular weight is 335 g/mol. The Labute approximate surface area is 147 Å². The molecule has 0 fully saturated rings. The van der Waals surface area contributed by atoms with Gasteiger partial charge in [-0.1, -0.05) is 59.2 Å². The van der Waals surface area contributed by atoms with Crippen LogP contribution in [0.15, 0.2) is 61.2 Å². The van der Waals surface area contributed by atoms with E-state index in [1.165, 1.54) is 5.56 Å². The number of rotatable bonds is 8. The van der Waals surface area contributed by atoms with Crippen molar-refractivity contribution in [3.05, 3.63) is 77.9 Å². The van der Waals surface area contributed by atoms with Crippen LogP contribution in [-0.4, -0.2) is 20.2 Å². The molecule has 0 aliphatic rings. The lowest BCUT2D eigenvalue weighted by molar-refractivity contribution is 0.303. The molecule has 25 heavy (non-hydrogen) atoms. The second kappa shape index (κ2) is 8.10. The molecule has 2 aromatic carbocycles.